The normalized spacial score (nSPS) is 12.3. The molecule has 0 bridgehead atoms. The van der Waals surface area contributed by atoms with Gasteiger partial charge in [-0.05, 0) is 39.0 Å². The average molecular weight is 210 g/mol. The lowest BCUT2D eigenvalue weighted by molar-refractivity contribution is -0.420. The third-order valence-electron chi connectivity index (χ3n) is 2.14. The molecule has 3 nitrogen and oxygen atoms in total. The summed E-state index contributed by atoms with van der Waals surface area (Å²) in [5.74, 6) is 1.62. The van der Waals surface area contributed by atoms with E-state index in [-0.39, 0.29) is 6.04 Å². The van der Waals surface area contributed by atoms with Gasteiger partial charge in [0.25, 0.3) is 0 Å². The van der Waals surface area contributed by atoms with Crippen LogP contribution < -0.4 is 15.2 Å². The van der Waals surface area contributed by atoms with Gasteiger partial charge in [0.05, 0.1) is 13.2 Å². The summed E-state index contributed by atoms with van der Waals surface area (Å²) in [5, 5.41) is 0. The number of benzene rings is 1. The van der Waals surface area contributed by atoms with E-state index in [0.29, 0.717) is 13.2 Å². The van der Waals surface area contributed by atoms with E-state index in [1.54, 1.807) is 0 Å². The van der Waals surface area contributed by atoms with Crippen LogP contribution in [0.4, 0.5) is 0 Å². The summed E-state index contributed by atoms with van der Waals surface area (Å²) in [6, 6.07) is 6.25. The molecule has 0 aliphatic heterocycles. The maximum absolute atomic E-state index is 5.53. The molecule has 1 rings (SSSR count). The highest BCUT2D eigenvalue weighted by Crippen LogP contribution is 2.29. The quantitative estimate of drug-likeness (QED) is 0.805. The summed E-state index contributed by atoms with van der Waals surface area (Å²) < 4.78 is 11.0. The Hall–Kier alpha value is -1.22. The van der Waals surface area contributed by atoms with Gasteiger partial charge in [0, 0.05) is 5.56 Å². The molecule has 0 unspecified atom stereocenters. The van der Waals surface area contributed by atoms with Crippen LogP contribution in [0.5, 0.6) is 11.5 Å². The minimum absolute atomic E-state index is 0.264. The summed E-state index contributed by atoms with van der Waals surface area (Å²) in [7, 11) is 0. The first kappa shape index (κ1) is 11.9. The number of rotatable bonds is 5. The fraction of sp³-hybridized carbons (Fsp3) is 0.500. The zero-order chi connectivity index (χ0) is 11.3. The molecule has 0 aromatic heterocycles. The van der Waals surface area contributed by atoms with Crippen molar-refractivity contribution in [2.24, 2.45) is 0 Å². The molecule has 3 heteroatoms. The highest BCUT2D eigenvalue weighted by molar-refractivity contribution is 5.43. The second-order valence-corrected chi connectivity index (χ2v) is 3.47. The van der Waals surface area contributed by atoms with Crippen molar-refractivity contribution >= 4 is 0 Å². The lowest BCUT2D eigenvalue weighted by atomic mass is 10.1. The molecule has 0 radical (unpaired) electrons. The maximum Gasteiger partial charge on any atom is 0.161 e. The first-order chi connectivity index (χ1) is 7.19. The molecule has 1 aromatic carbocycles. The Bertz CT molecular complexity index is 310. The zero-order valence-corrected chi connectivity index (χ0v) is 9.75. The molecule has 1 atom stereocenters. The van der Waals surface area contributed by atoms with Gasteiger partial charge in [0.2, 0.25) is 0 Å². The van der Waals surface area contributed by atoms with Gasteiger partial charge in [-0.2, -0.15) is 0 Å². The number of hydrogen-bond acceptors (Lipinski definition) is 2. The van der Waals surface area contributed by atoms with Gasteiger partial charge in [-0.3, -0.25) is 0 Å². The lowest BCUT2D eigenvalue weighted by Gasteiger charge is -2.12. The Labute approximate surface area is 91.2 Å². The Morgan fingerprint density at radius 1 is 1.13 bits per heavy atom. The predicted molar refractivity (Wildman–Crippen MR) is 60.1 cm³/mol. The van der Waals surface area contributed by atoms with Crippen molar-refractivity contribution in [3.8, 4) is 11.5 Å². The molecule has 15 heavy (non-hydrogen) atoms. The van der Waals surface area contributed by atoms with Crippen molar-refractivity contribution in [1.29, 1.82) is 0 Å². The third kappa shape index (κ3) is 3.13. The first-order valence-electron chi connectivity index (χ1n) is 5.41. The van der Waals surface area contributed by atoms with Gasteiger partial charge in [0.1, 0.15) is 6.04 Å². The van der Waals surface area contributed by atoms with Gasteiger partial charge in [0.15, 0.2) is 11.5 Å². The van der Waals surface area contributed by atoms with E-state index in [9.17, 15) is 0 Å². The van der Waals surface area contributed by atoms with E-state index >= 15 is 0 Å². The van der Waals surface area contributed by atoms with E-state index in [0.717, 1.165) is 11.5 Å². The molecule has 0 amide bonds. The van der Waals surface area contributed by atoms with E-state index in [1.165, 1.54) is 5.56 Å². The fourth-order valence-electron chi connectivity index (χ4n) is 1.37. The van der Waals surface area contributed by atoms with Crippen LogP contribution in [0.2, 0.25) is 0 Å². The number of quaternary nitrogens is 1. The molecule has 0 fully saturated rings. The van der Waals surface area contributed by atoms with Crippen molar-refractivity contribution in [1.82, 2.24) is 0 Å². The van der Waals surface area contributed by atoms with Gasteiger partial charge in [-0.15, -0.1) is 0 Å². The summed E-state index contributed by atoms with van der Waals surface area (Å²) >= 11 is 0. The van der Waals surface area contributed by atoms with Crippen LogP contribution in [0.15, 0.2) is 18.2 Å². The highest BCUT2D eigenvalue weighted by Gasteiger charge is 2.09. The van der Waals surface area contributed by atoms with E-state index in [1.807, 2.05) is 32.0 Å². The first-order valence-corrected chi connectivity index (χ1v) is 5.41. The third-order valence-corrected chi connectivity index (χ3v) is 2.14. The maximum atomic E-state index is 5.53. The molecular formula is C12H20NO2+. The van der Waals surface area contributed by atoms with Crippen LogP contribution in [0.1, 0.15) is 32.4 Å². The van der Waals surface area contributed by atoms with E-state index in [4.69, 9.17) is 9.47 Å². The fourth-order valence-corrected chi connectivity index (χ4v) is 1.37. The molecule has 0 heterocycles. The Kier molecular flexibility index (Phi) is 4.43. The molecule has 1 aromatic rings. The van der Waals surface area contributed by atoms with Crippen molar-refractivity contribution in [2.45, 2.75) is 26.8 Å². The van der Waals surface area contributed by atoms with Gasteiger partial charge in [-0.1, -0.05) is 0 Å². The minimum atomic E-state index is 0.264. The molecule has 84 valence electrons. The summed E-state index contributed by atoms with van der Waals surface area (Å²) in [6.45, 7) is 7.30. The van der Waals surface area contributed by atoms with Gasteiger partial charge >= 0.3 is 0 Å². The zero-order valence-electron chi connectivity index (χ0n) is 9.75. The van der Waals surface area contributed by atoms with Crippen LogP contribution in [-0.4, -0.2) is 13.2 Å². The molecule has 3 N–H and O–H groups in total. The van der Waals surface area contributed by atoms with Crippen LogP contribution in [-0.2, 0) is 0 Å². The SMILES string of the molecule is CCOc1ccc([C@@H](C)[NH3+])cc1OCC. The van der Waals surface area contributed by atoms with Crippen molar-refractivity contribution in [3.05, 3.63) is 23.8 Å². The van der Waals surface area contributed by atoms with Crippen molar-refractivity contribution in [3.63, 3.8) is 0 Å². The molecule has 0 aliphatic carbocycles. The van der Waals surface area contributed by atoms with E-state index < -0.39 is 0 Å². The average Bonchev–Trinajstić information content (AvgIpc) is 2.21. The second kappa shape index (κ2) is 5.61. The van der Waals surface area contributed by atoms with Gasteiger partial charge < -0.3 is 15.2 Å². The molecular weight excluding hydrogens is 190 g/mol. The lowest BCUT2D eigenvalue weighted by Crippen LogP contribution is -2.51. The van der Waals surface area contributed by atoms with Crippen LogP contribution in [0.3, 0.4) is 0 Å². The monoisotopic (exact) mass is 210 g/mol. The minimum Gasteiger partial charge on any atom is -0.490 e. The van der Waals surface area contributed by atoms with E-state index in [2.05, 4.69) is 12.7 Å². The predicted octanol–water partition coefficient (Wildman–Crippen LogP) is 1.79. The van der Waals surface area contributed by atoms with Crippen LogP contribution in [0, 0.1) is 0 Å². The summed E-state index contributed by atoms with van der Waals surface area (Å²) in [6.07, 6.45) is 0. The second-order valence-electron chi connectivity index (χ2n) is 3.47. The Morgan fingerprint density at radius 3 is 2.27 bits per heavy atom. The Balaban J connectivity index is 2.97. The topological polar surface area (TPSA) is 46.1 Å². The van der Waals surface area contributed by atoms with Crippen LogP contribution in [0.25, 0.3) is 0 Å². The van der Waals surface area contributed by atoms with Gasteiger partial charge in [-0.25, -0.2) is 0 Å². The molecule has 0 saturated heterocycles. The highest BCUT2D eigenvalue weighted by atomic mass is 16.5. The molecule has 0 spiro atoms. The standard InChI is InChI=1S/C12H19NO2/c1-4-14-11-7-6-10(9(3)13)8-12(11)15-5-2/h6-9H,4-5,13H2,1-3H3/p+1/t9-/m1/s1. The molecule has 0 aliphatic rings. The largest absolute Gasteiger partial charge is 0.490 e. The summed E-state index contributed by atoms with van der Waals surface area (Å²) in [4.78, 5) is 0. The van der Waals surface area contributed by atoms with Crippen molar-refractivity contribution in [2.75, 3.05) is 13.2 Å². The Morgan fingerprint density at radius 2 is 1.73 bits per heavy atom. The summed E-state index contributed by atoms with van der Waals surface area (Å²) in [5.41, 5.74) is 5.16. The smallest absolute Gasteiger partial charge is 0.161 e. The van der Waals surface area contributed by atoms with Crippen LogP contribution >= 0.6 is 0 Å². The molecule has 0 saturated carbocycles. The number of hydrogen-bond donors (Lipinski definition) is 1. The van der Waals surface area contributed by atoms with Crippen molar-refractivity contribution < 1.29 is 15.2 Å². The number of ether oxygens (including phenoxy) is 2.